The Bertz CT molecular complexity index is 535. The third-order valence-electron chi connectivity index (χ3n) is 5.25. The molecular weight excluding hydrogens is 276 g/mol. The van der Waals surface area contributed by atoms with Gasteiger partial charge in [-0.25, -0.2) is 4.99 Å². The van der Waals surface area contributed by atoms with Crippen molar-refractivity contribution in [3.05, 3.63) is 24.0 Å². The van der Waals surface area contributed by atoms with Crippen LogP contribution in [0.15, 0.2) is 23.5 Å². The van der Waals surface area contributed by atoms with Gasteiger partial charge in [0.15, 0.2) is 5.96 Å². The van der Waals surface area contributed by atoms with E-state index < -0.39 is 0 Å². The van der Waals surface area contributed by atoms with Crippen LogP contribution in [0.1, 0.15) is 39.7 Å². The van der Waals surface area contributed by atoms with Gasteiger partial charge < -0.3 is 19.9 Å². The first-order chi connectivity index (χ1) is 10.3. The van der Waals surface area contributed by atoms with Crippen LogP contribution in [-0.4, -0.2) is 35.8 Å². The fourth-order valence-electron chi connectivity index (χ4n) is 3.03. The Morgan fingerprint density at radius 1 is 1.45 bits per heavy atom. The maximum Gasteiger partial charge on any atom is 0.191 e. The van der Waals surface area contributed by atoms with E-state index in [9.17, 15) is 0 Å². The maximum absolute atomic E-state index is 5.69. The van der Waals surface area contributed by atoms with Crippen LogP contribution in [-0.2, 0) is 18.3 Å². The minimum absolute atomic E-state index is 0.0680. The Kier molecular flexibility index (Phi) is 4.85. The van der Waals surface area contributed by atoms with E-state index in [0.717, 1.165) is 18.9 Å². The van der Waals surface area contributed by atoms with Crippen LogP contribution >= 0.6 is 0 Å². The van der Waals surface area contributed by atoms with Crippen LogP contribution in [0.25, 0.3) is 0 Å². The van der Waals surface area contributed by atoms with E-state index in [1.54, 1.807) is 7.11 Å². The molecule has 0 spiro atoms. The SMILES string of the molecule is CCNC(=NCc1ccn(C)c1)NC1CC(C)(OC)C1(C)C. The molecule has 22 heavy (non-hydrogen) atoms. The zero-order valence-corrected chi connectivity index (χ0v) is 14.7. The van der Waals surface area contributed by atoms with E-state index in [1.807, 2.05) is 17.8 Å². The maximum atomic E-state index is 5.69. The van der Waals surface area contributed by atoms with Crippen molar-refractivity contribution in [3.63, 3.8) is 0 Å². The predicted octanol–water partition coefficient (Wildman–Crippen LogP) is 2.28. The normalized spacial score (nSPS) is 27.4. The lowest BCUT2D eigenvalue weighted by molar-refractivity contribution is -0.176. The van der Waals surface area contributed by atoms with E-state index in [1.165, 1.54) is 5.56 Å². The number of guanidine groups is 1. The molecule has 0 amide bonds. The molecule has 1 saturated carbocycles. The summed E-state index contributed by atoms with van der Waals surface area (Å²) in [6.45, 7) is 10.3. The average Bonchev–Trinajstić information content (AvgIpc) is 2.89. The van der Waals surface area contributed by atoms with Gasteiger partial charge in [-0.05, 0) is 31.9 Å². The van der Waals surface area contributed by atoms with Gasteiger partial charge in [-0.1, -0.05) is 13.8 Å². The zero-order chi connectivity index (χ0) is 16.4. The highest BCUT2D eigenvalue weighted by atomic mass is 16.5. The van der Waals surface area contributed by atoms with Crippen molar-refractivity contribution in [1.82, 2.24) is 15.2 Å². The second kappa shape index (κ2) is 6.32. The Hall–Kier alpha value is -1.49. The summed E-state index contributed by atoms with van der Waals surface area (Å²) in [5, 5.41) is 6.90. The molecule has 0 radical (unpaired) electrons. The van der Waals surface area contributed by atoms with Crippen molar-refractivity contribution in [2.45, 2.75) is 52.3 Å². The molecule has 1 fully saturated rings. The Labute approximate surface area is 134 Å². The van der Waals surface area contributed by atoms with Gasteiger partial charge in [0.2, 0.25) is 0 Å². The fourth-order valence-corrected chi connectivity index (χ4v) is 3.03. The quantitative estimate of drug-likeness (QED) is 0.648. The fraction of sp³-hybridized carbons (Fsp3) is 0.706. The number of hydrogen-bond donors (Lipinski definition) is 2. The summed E-state index contributed by atoms with van der Waals surface area (Å²) in [4.78, 5) is 4.70. The topological polar surface area (TPSA) is 50.6 Å². The Morgan fingerprint density at radius 3 is 2.68 bits per heavy atom. The highest BCUT2D eigenvalue weighted by molar-refractivity contribution is 5.80. The molecule has 0 saturated heterocycles. The third kappa shape index (κ3) is 3.14. The molecule has 2 rings (SSSR count). The van der Waals surface area contributed by atoms with Crippen LogP contribution in [0.2, 0.25) is 0 Å². The van der Waals surface area contributed by atoms with E-state index >= 15 is 0 Å². The first-order valence-corrected chi connectivity index (χ1v) is 8.03. The molecule has 2 N–H and O–H groups in total. The van der Waals surface area contributed by atoms with Crippen molar-refractivity contribution in [2.75, 3.05) is 13.7 Å². The van der Waals surface area contributed by atoms with Crippen molar-refractivity contribution >= 4 is 5.96 Å². The molecule has 2 unspecified atom stereocenters. The monoisotopic (exact) mass is 306 g/mol. The number of nitrogens with zero attached hydrogens (tertiary/aromatic N) is 2. The number of nitrogens with one attached hydrogen (secondary N) is 2. The minimum Gasteiger partial charge on any atom is -0.378 e. The molecule has 1 heterocycles. The summed E-state index contributed by atoms with van der Waals surface area (Å²) in [5.74, 6) is 0.877. The Morgan fingerprint density at radius 2 is 2.18 bits per heavy atom. The molecule has 0 bridgehead atoms. The number of rotatable bonds is 5. The van der Waals surface area contributed by atoms with Crippen molar-refractivity contribution in [3.8, 4) is 0 Å². The molecule has 2 atom stereocenters. The second-order valence-corrected chi connectivity index (χ2v) is 6.94. The van der Waals surface area contributed by atoms with Crippen LogP contribution in [0.5, 0.6) is 0 Å². The average molecular weight is 306 g/mol. The molecule has 0 aliphatic heterocycles. The smallest absolute Gasteiger partial charge is 0.191 e. The Balaban J connectivity index is 2.00. The summed E-state index contributed by atoms with van der Waals surface area (Å²) in [5.41, 5.74) is 1.22. The first kappa shape index (κ1) is 16.9. The van der Waals surface area contributed by atoms with Gasteiger partial charge in [0.05, 0.1) is 12.1 Å². The number of aromatic nitrogens is 1. The van der Waals surface area contributed by atoms with Gasteiger partial charge in [0, 0.05) is 44.6 Å². The molecular formula is C17H30N4O. The minimum atomic E-state index is -0.0680. The number of aliphatic imine (C=N–C) groups is 1. The lowest BCUT2D eigenvalue weighted by Crippen LogP contribution is -2.69. The van der Waals surface area contributed by atoms with Gasteiger partial charge in [0.1, 0.15) is 0 Å². The second-order valence-electron chi connectivity index (χ2n) is 6.94. The predicted molar refractivity (Wildman–Crippen MR) is 91.0 cm³/mol. The molecule has 0 aromatic carbocycles. The number of hydrogen-bond acceptors (Lipinski definition) is 2. The van der Waals surface area contributed by atoms with Gasteiger partial charge in [0.25, 0.3) is 0 Å². The van der Waals surface area contributed by atoms with Gasteiger partial charge in [-0.3, -0.25) is 0 Å². The summed E-state index contributed by atoms with van der Waals surface area (Å²) in [6.07, 6.45) is 5.14. The molecule has 1 aliphatic rings. The highest BCUT2D eigenvalue weighted by Crippen LogP contribution is 2.51. The lowest BCUT2D eigenvalue weighted by Gasteiger charge is -2.59. The van der Waals surface area contributed by atoms with Gasteiger partial charge >= 0.3 is 0 Å². The largest absolute Gasteiger partial charge is 0.378 e. The highest BCUT2D eigenvalue weighted by Gasteiger charge is 2.58. The van der Waals surface area contributed by atoms with Crippen LogP contribution in [0, 0.1) is 5.41 Å². The summed E-state index contributed by atoms with van der Waals surface area (Å²) < 4.78 is 7.74. The number of methoxy groups -OCH3 is 1. The van der Waals surface area contributed by atoms with Crippen LogP contribution < -0.4 is 10.6 Å². The molecule has 1 aromatic rings. The van der Waals surface area contributed by atoms with Gasteiger partial charge in [-0.2, -0.15) is 0 Å². The number of aryl methyl sites for hydroxylation is 1. The number of ether oxygens (including phenoxy) is 1. The standard InChI is InChI=1S/C17H30N4O/c1-7-18-15(19-11-13-8-9-21(5)12-13)20-14-10-17(4,22-6)16(14,2)3/h8-9,12,14H,7,10-11H2,1-6H3,(H2,18,19,20). The molecule has 5 heteroatoms. The molecule has 5 nitrogen and oxygen atoms in total. The summed E-state index contributed by atoms with van der Waals surface area (Å²) in [7, 11) is 3.83. The first-order valence-electron chi connectivity index (χ1n) is 8.03. The third-order valence-corrected chi connectivity index (χ3v) is 5.25. The van der Waals surface area contributed by atoms with E-state index in [2.05, 4.69) is 50.6 Å². The van der Waals surface area contributed by atoms with Crippen molar-refractivity contribution in [2.24, 2.45) is 17.5 Å². The lowest BCUT2D eigenvalue weighted by atomic mass is 9.56. The van der Waals surface area contributed by atoms with Crippen LogP contribution in [0.3, 0.4) is 0 Å². The van der Waals surface area contributed by atoms with Gasteiger partial charge in [-0.15, -0.1) is 0 Å². The van der Waals surface area contributed by atoms with E-state index in [4.69, 9.17) is 9.73 Å². The van der Waals surface area contributed by atoms with E-state index in [-0.39, 0.29) is 11.0 Å². The van der Waals surface area contributed by atoms with Crippen molar-refractivity contribution < 1.29 is 4.74 Å². The molecule has 1 aliphatic carbocycles. The van der Waals surface area contributed by atoms with Crippen LogP contribution in [0.4, 0.5) is 0 Å². The van der Waals surface area contributed by atoms with E-state index in [0.29, 0.717) is 12.6 Å². The van der Waals surface area contributed by atoms with Crippen molar-refractivity contribution in [1.29, 1.82) is 0 Å². The molecule has 1 aromatic heterocycles. The molecule has 124 valence electrons. The summed E-state index contributed by atoms with van der Waals surface area (Å²) >= 11 is 0. The summed E-state index contributed by atoms with van der Waals surface area (Å²) in [6, 6.07) is 2.47. The zero-order valence-electron chi connectivity index (χ0n) is 14.7.